The number of nitrogens with zero attached hydrogens (tertiary/aromatic N) is 3. The van der Waals surface area contributed by atoms with Crippen LogP contribution in [0.5, 0.6) is 0 Å². The van der Waals surface area contributed by atoms with Crippen molar-refractivity contribution in [2.45, 2.75) is 50.7 Å². The molecule has 0 amide bonds. The number of sulfonamides is 1. The van der Waals surface area contributed by atoms with Crippen LogP contribution in [0.3, 0.4) is 0 Å². The summed E-state index contributed by atoms with van der Waals surface area (Å²) in [6, 6.07) is 7.05. The minimum atomic E-state index is -3.42. The molecular formula is C20H32N4O3S. The van der Waals surface area contributed by atoms with Crippen LogP contribution in [0, 0.1) is 5.92 Å². The number of benzene rings is 1. The minimum absolute atomic E-state index is 0.300. The normalized spacial score (nSPS) is 24.5. The predicted molar refractivity (Wildman–Crippen MR) is 111 cm³/mol. The second-order valence-corrected chi connectivity index (χ2v) is 9.75. The maximum Gasteiger partial charge on any atom is 0.243 e. The second-order valence-electron chi connectivity index (χ2n) is 7.81. The fourth-order valence-corrected chi connectivity index (χ4v) is 5.41. The fraction of sp³-hybridized carbons (Fsp3) is 0.650. The number of likely N-dealkylation sites (tertiary alicyclic amines) is 1. The van der Waals surface area contributed by atoms with Crippen LogP contribution in [0.4, 0.5) is 0 Å². The van der Waals surface area contributed by atoms with Gasteiger partial charge in [0.1, 0.15) is 0 Å². The zero-order valence-corrected chi connectivity index (χ0v) is 17.7. The number of aliphatic imine (C=N–C) groups is 1. The van der Waals surface area contributed by atoms with E-state index in [2.05, 4.69) is 22.1 Å². The highest BCUT2D eigenvalue weighted by Crippen LogP contribution is 2.23. The zero-order chi connectivity index (χ0) is 20.1. The number of aliphatic hydroxyl groups is 1. The molecule has 0 aromatic heterocycles. The number of hydrogen-bond donors (Lipinski definition) is 2. The molecule has 2 N–H and O–H groups in total. The largest absolute Gasteiger partial charge is 0.391 e. The molecule has 0 aliphatic carbocycles. The Labute approximate surface area is 168 Å². The van der Waals surface area contributed by atoms with E-state index >= 15 is 0 Å². The molecule has 1 unspecified atom stereocenters. The smallest absolute Gasteiger partial charge is 0.243 e. The SMILES string of the molecule is CCNC(=NCc1ccc(S(=O)(=O)N2CCCC(C)C2)cc1)N1CC[C@@H](O)C1. The van der Waals surface area contributed by atoms with Crippen LogP contribution >= 0.6 is 0 Å². The average Bonchev–Trinajstić information content (AvgIpc) is 3.11. The Morgan fingerprint density at radius 1 is 1.21 bits per heavy atom. The topological polar surface area (TPSA) is 85.2 Å². The third-order valence-electron chi connectivity index (χ3n) is 5.39. The molecule has 3 rings (SSSR count). The molecule has 1 aromatic carbocycles. The van der Waals surface area contributed by atoms with Gasteiger partial charge >= 0.3 is 0 Å². The fourth-order valence-electron chi connectivity index (χ4n) is 3.81. The zero-order valence-electron chi connectivity index (χ0n) is 16.8. The molecule has 7 nitrogen and oxygen atoms in total. The van der Waals surface area contributed by atoms with Gasteiger partial charge in [-0.3, -0.25) is 0 Å². The average molecular weight is 409 g/mol. The first-order chi connectivity index (χ1) is 13.4. The first-order valence-electron chi connectivity index (χ1n) is 10.2. The third kappa shape index (κ3) is 5.04. The van der Waals surface area contributed by atoms with Crippen LogP contribution in [0.2, 0.25) is 0 Å². The van der Waals surface area contributed by atoms with Crippen molar-refractivity contribution in [3.05, 3.63) is 29.8 Å². The summed E-state index contributed by atoms with van der Waals surface area (Å²) in [4.78, 5) is 7.06. The van der Waals surface area contributed by atoms with Gasteiger partial charge in [-0.2, -0.15) is 4.31 Å². The van der Waals surface area contributed by atoms with Crippen LogP contribution < -0.4 is 5.32 Å². The summed E-state index contributed by atoms with van der Waals surface area (Å²) in [6.45, 7) is 7.93. The number of β-amino-alcohol motifs (C(OH)–C–C–N with tert-alkyl or cyclic N) is 1. The molecule has 8 heteroatoms. The molecule has 1 aromatic rings. The van der Waals surface area contributed by atoms with Crippen molar-refractivity contribution in [3.8, 4) is 0 Å². The van der Waals surface area contributed by atoms with Crippen LogP contribution in [0.15, 0.2) is 34.2 Å². The summed E-state index contributed by atoms with van der Waals surface area (Å²) in [5.41, 5.74) is 0.959. The quantitative estimate of drug-likeness (QED) is 0.571. The van der Waals surface area contributed by atoms with E-state index in [-0.39, 0.29) is 6.10 Å². The molecule has 2 heterocycles. The van der Waals surface area contributed by atoms with E-state index in [1.54, 1.807) is 16.4 Å². The molecular weight excluding hydrogens is 376 g/mol. The Morgan fingerprint density at radius 2 is 1.96 bits per heavy atom. The van der Waals surface area contributed by atoms with Gasteiger partial charge < -0.3 is 15.3 Å². The van der Waals surface area contributed by atoms with E-state index in [0.717, 1.165) is 43.9 Å². The van der Waals surface area contributed by atoms with Gasteiger partial charge in [-0.1, -0.05) is 19.1 Å². The summed E-state index contributed by atoms with van der Waals surface area (Å²) in [5, 5.41) is 13.0. The lowest BCUT2D eigenvalue weighted by Gasteiger charge is -2.30. The van der Waals surface area contributed by atoms with Crippen LogP contribution in [-0.4, -0.2) is 67.5 Å². The highest BCUT2D eigenvalue weighted by atomic mass is 32.2. The van der Waals surface area contributed by atoms with Crippen LogP contribution in [-0.2, 0) is 16.6 Å². The summed E-state index contributed by atoms with van der Waals surface area (Å²) in [5.74, 6) is 1.20. The first kappa shape index (κ1) is 21.1. The molecule has 28 heavy (non-hydrogen) atoms. The van der Waals surface area contributed by atoms with Gasteiger partial charge in [-0.15, -0.1) is 0 Å². The van der Waals surface area contributed by atoms with Gasteiger partial charge in [-0.05, 0) is 49.8 Å². The monoisotopic (exact) mass is 408 g/mol. The van der Waals surface area contributed by atoms with Gasteiger partial charge in [-0.25, -0.2) is 13.4 Å². The molecule has 2 atom stereocenters. The van der Waals surface area contributed by atoms with Gasteiger partial charge in [0.25, 0.3) is 0 Å². The van der Waals surface area contributed by atoms with Gasteiger partial charge in [0, 0.05) is 32.7 Å². The molecule has 2 aliphatic rings. The first-order valence-corrected chi connectivity index (χ1v) is 11.6. The lowest BCUT2D eigenvalue weighted by molar-refractivity contribution is 0.188. The van der Waals surface area contributed by atoms with Crippen molar-refractivity contribution in [1.82, 2.24) is 14.5 Å². The highest BCUT2D eigenvalue weighted by Gasteiger charge is 2.28. The van der Waals surface area contributed by atoms with Crippen molar-refractivity contribution in [2.24, 2.45) is 10.9 Å². The maximum absolute atomic E-state index is 12.9. The number of rotatable bonds is 5. The maximum atomic E-state index is 12.9. The summed E-state index contributed by atoms with van der Waals surface area (Å²) in [6.07, 6.45) is 2.47. The van der Waals surface area contributed by atoms with Crippen LogP contribution in [0.25, 0.3) is 0 Å². The number of piperidine rings is 1. The Bertz CT molecular complexity index is 779. The van der Waals surface area contributed by atoms with E-state index in [0.29, 0.717) is 37.0 Å². The van der Waals surface area contributed by atoms with Crippen molar-refractivity contribution in [1.29, 1.82) is 0 Å². The lowest BCUT2D eigenvalue weighted by Crippen LogP contribution is -2.40. The Hall–Kier alpha value is -1.64. The van der Waals surface area contributed by atoms with Gasteiger partial charge in [0.15, 0.2) is 5.96 Å². The molecule has 0 radical (unpaired) electrons. The molecule has 156 valence electrons. The highest BCUT2D eigenvalue weighted by molar-refractivity contribution is 7.89. The summed E-state index contributed by atoms with van der Waals surface area (Å²) < 4.78 is 27.3. The Balaban J connectivity index is 1.68. The van der Waals surface area contributed by atoms with Crippen molar-refractivity contribution >= 4 is 16.0 Å². The number of aliphatic hydroxyl groups excluding tert-OH is 1. The number of hydrogen-bond acceptors (Lipinski definition) is 4. The van der Waals surface area contributed by atoms with E-state index in [4.69, 9.17) is 0 Å². The summed E-state index contributed by atoms with van der Waals surface area (Å²) >= 11 is 0. The van der Waals surface area contributed by atoms with E-state index in [1.165, 1.54) is 0 Å². The molecule has 2 saturated heterocycles. The van der Waals surface area contributed by atoms with Crippen LogP contribution in [0.1, 0.15) is 38.7 Å². The molecule has 2 aliphatic heterocycles. The standard InChI is InChI=1S/C20H32N4O3S/c1-3-21-20(23-12-10-18(25)15-23)22-13-17-6-8-19(9-7-17)28(26,27)24-11-4-5-16(2)14-24/h6-9,16,18,25H,3-5,10-15H2,1-2H3,(H,21,22)/t16?,18-/m1/s1. The van der Waals surface area contributed by atoms with E-state index in [1.807, 2.05) is 19.1 Å². The second kappa shape index (κ2) is 9.24. The minimum Gasteiger partial charge on any atom is -0.391 e. The number of guanidine groups is 1. The van der Waals surface area contributed by atoms with Crippen molar-refractivity contribution in [3.63, 3.8) is 0 Å². The predicted octanol–water partition coefficient (Wildman–Crippen LogP) is 1.64. The van der Waals surface area contributed by atoms with Gasteiger partial charge in [0.05, 0.1) is 17.5 Å². The van der Waals surface area contributed by atoms with Crippen molar-refractivity contribution in [2.75, 3.05) is 32.7 Å². The molecule has 0 spiro atoms. The summed E-state index contributed by atoms with van der Waals surface area (Å²) in [7, 11) is -3.42. The molecule has 2 fully saturated rings. The number of nitrogens with one attached hydrogen (secondary N) is 1. The Kier molecular flexibility index (Phi) is 6.95. The van der Waals surface area contributed by atoms with E-state index in [9.17, 15) is 13.5 Å². The van der Waals surface area contributed by atoms with Crippen molar-refractivity contribution < 1.29 is 13.5 Å². The molecule has 0 bridgehead atoms. The van der Waals surface area contributed by atoms with E-state index < -0.39 is 10.0 Å². The Morgan fingerprint density at radius 3 is 2.57 bits per heavy atom. The van der Waals surface area contributed by atoms with Gasteiger partial charge in [0.2, 0.25) is 10.0 Å². The molecule has 0 saturated carbocycles. The third-order valence-corrected chi connectivity index (χ3v) is 7.27. The lowest BCUT2D eigenvalue weighted by atomic mass is 10.0.